The van der Waals surface area contributed by atoms with Crippen LogP contribution in [0.5, 0.6) is 0 Å². The first-order valence-electron chi connectivity index (χ1n) is 9.25. The van der Waals surface area contributed by atoms with E-state index in [2.05, 4.69) is 36.2 Å². The van der Waals surface area contributed by atoms with Crippen molar-refractivity contribution in [3.8, 4) is 0 Å². The quantitative estimate of drug-likeness (QED) is 0.764. The summed E-state index contributed by atoms with van der Waals surface area (Å²) in [7, 11) is 0. The fraction of sp³-hybridized carbons (Fsp3) is 0.842. The van der Waals surface area contributed by atoms with Crippen molar-refractivity contribution in [2.75, 3.05) is 26.2 Å². The maximum Gasteiger partial charge on any atom is 0.222 e. The lowest BCUT2D eigenvalue weighted by Crippen LogP contribution is -2.45. The predicted molar refractivity (Wildman–Crippen MR) is 94.3 cm³/mol. The van der Waals surface area contributed by atoms with Gasteiger partial charge in [-0.05, 0) is 31.6 Å². The Morgan fingerprint density at radius 1 is 1.26 bits per heavy atom. The van der Waals surface area contributed by atoms with Crippen LogP contribution in [-0.4, -0.2) is 48.7 Å². The summed E-state index contributed by atoms with van der Waals surface area (Å²) in [6, 6.07) is 0. The van der Waals surface area contributed by atoms with Crippen molar-refractivity contribution in [2.24, 2.45) is 11.8 Å². The van der Waals surface area contributed by atoms with Gasteiger partial charge < -0.3 is 10.1 Å². The van der Waals surface area contributed by atoms with Crippen LogP contribution >= 0.6 is 0 Å². The molecule has 132 valence electrons. The number of allylic oxidation sites excluding steroid dienone is 1. The van der Waals surface area contributed by atoms with Crippen LogP contribution in [0.3, 0.4) is 0 Å². The first-order chi connectivity index (χ1) is 10.9. The van der Waals surface area contributed by atoms with E-state index in [-0.39, 0.29) is 23.5 Å². The summed E-state index contributed by atoms with van der Waals surface area (Å²) < 4.78 is 6.35. The molecule has 0 radical (unpaired) electrons. The van der Waals surface area contributed by atoms with Crippen LogP contribution < -0.4 is 5.32 Å². The van der Waals surface area contributed by atoms with Gasteiger partial charge in [0, 0.05) is 32.1 Å². The van der Waals surface area contributed by atoms with E-state index >= 15 is 0 Å². The van der Waals surface area contributed by atoms with Crippen LogP contribution in [0.1, 0.15) is 53.4 Å². The Hall–Kier alpha value is -0.870. The number of hydrogen-bond donors (Lipinski definition) is 1. The van der Waals surface area contributed by atoms with Crippen LogP contribution in [0.4, 0.5) is 0 Å². The molecule has 2 saturated heterocycles. The van der Waals surface area contributed by atoms with Gasteiger partial charge in [0.25, 0.3) is 0 Å². The fourth-order valence-corrected chi connectivity index (χ4v) is 3.45. The molecule has 2 aliphatic rings. The molecule has 0 aromatic heterocycles. The molecule has 0 aromatic rings. The molecular formula is C19H34N2O2. The zero-order chi connectivity index (χ0) is 16.9. The molecule has 2 rings (SSSR count). The van der Waals surface area contributed by atoms with Crippen LogP contribution in [-0.2, 0) is 9.53 Å². The number of amides is 1. The highest BCUT2D eigenvalue weighted by molar-refractivity contribution is 5.77. The summed E-state index contributed by atoms with van der Waals surface area (Å²) >= 11 is 0. The number of carbonyl (C=O) groups excluding carboxylic acids is 1. The van der Waals surface area contributed by atoms with Crippen LogP contribution in [0, 0.1) is 11.8 Å². The number of rotatable bonds is 6. The molecule has 2 fully saturated rings. The molecule has 0 aromatic carbocycles. The van der Waals surface area contributed by atoms with Gasteiger partial charge in [0.05, 0.1) is 11.7 Å². The first-order valence-corrected chi connectivity index (χ1v) is 9.25. The number of likely N-dealkylation sites (tertiary alicyclic amines) is 1. The second-order valence-electron chi connectivity index (χ2n) is 7.83. The molecule has 1 spiro atoms. The van der Waals surface area contributed by atoms with Gasteiger partial charge in [0.1, 0.15) is 0 Å². The third kappa shape index (κ3) is 5.61. The second-order valence-corrected chi connectivity index (χ2v) is 7.83. The van der Waals surface area contributed by atoms with E-state index in [0.717, 1.165) is 45.3 Å². The smallest absolute Gasteiger partial charge is 0.222 e. The molecular weight excluding hydrogens is 288 g/mol. The van der Waals surface area contributed by atoms with Gasteiger partial charge in [-0.2, -0.15) is 0 Å². The molecule has 1 unspecified atom stereocenters. The molecule has 1 atom stereocenters. The topological polar surface area (TPSA) is 41.6 Å². The van der Waals surface area contributed by atoms with Gasteiger partial charge in [0.2, 0.25) is 5.91 Å². The van der Waals surface area contributed by atoms with E-state index in [1.165, 1.54) is 0 Å². The van der Waals surface area contributed by atoms with Gasteiger partial charge in [-0.15, -0.1) is 0 Å². The monoisotopic (exact) mass is 322 g/mol. The minimum absolute atomic E-state index is 0.0486. The van der Waals surface area contributed by atoms with Gasteiger partial charge >= 0.3 is 0 Å². The molecule has 0 saturated carbocycles. The highest BCUT2D eigenvalue weighted by atomic mass is 16.5. The number of carbonyl (C=O) groups is 1. The molecule has 4 heteroatoms. The standard InChI is InChI=1S/C19H34N2O2/c1-15(2)6-5-11-21-12-9-19(10-13-21)8-7-17(23-19)14-20-18(22)16(3)4/h5-6,15-17H,7-14H2,1-4H3,(H,20,22)/b6-5+. The zero-order valence-corrected chi connectivity index (χ0v) is 15.3. The summed E-state index contributed by atoms with van der Waals surface area (Å²) in [4.78, 5) is 14.2. The molecule has 23 heavy (non-hydrogen) atoms. The Bertz CT molecular complexity index is 410. The summed E-state index contributed by atoms with van der Waals surface area (Å²) in [6.45, 7) is 12.2. The Kier molecular flexibility index (Phi) is 6.66. The van der Waals surface area contributed by atoms with Crippen LogP contribution in [0.2, 0.25) is 0 Å². The molecule has 4 nitrogen and oxygen atoms in total. The number of nitrogens with one attached hydrogen (secondary N) is 1. The van der Waals surface area contributed by atoms with Crippen LogP contribution in [0.15, 0.2) is 12.2 Å². The average Bonchev–Trinajstić information content (AvgIpc) is 2.90. The average molecular weight is 322 g/mol. The van der Waals surface area contributed by atoms with E-state index in [4.69, 9.17) is 4.74 Å². The van der Waals surface area contributed by atoms with Crippen molar-refractivity contribution < 1.29 is 9.53 Å². The summed E-state index contributed by atoms with van der Waals surface area (Å²) in [5, 5.41) is 3.01. The van der Waals surface area contributed by atoms with Gasteiger partial charge in [0.15, 0.2) is 0 Å². The minimum Gasteiger partial charge on any atom is -0.370 e. The van der Waals surface area contributed by atoms with Crippen molar-refractivity contribution in [1.29, 1.82) is 0 Å². The summed E-state index contributed by atoms with van der Waals surface area (Å²) in [6.07, 6.45) is 9.24. The lowest BCUT2D eigenvalue weighted by molar-refractivity contribution is -0.125. The number of ether oxygens (including phenoxy) is 1. The second kappa shape index (κ2) is 8.29. The molecule has 2 aliphatic heterocycles. The molecule has 2 heterocycles. The lowest BCUT2D eigenvalue weighted by Gasteiger charge is -2.39. The Morgan fingerprint density at radius 3 is 2.57 bits per heavy atom. The van der Waals surface area contributed by atoms with E-state index in [0.29, 0.717) is 12.5 Å². The van der Waals surface area contributed by atoms with Crippen molar-refractivity contribution in [3.05, 3.63) is 12.2 Å². The highest BCUT2D eigenvalue weighted by Crippen LogP contribution is 2.38. The number of piperidine rings is 1. The highest BCUT2D eigenvalue weighted by Gasteiger charge is 2.42. The Balaban J connectivity index is 1.71. The van der Waals surface area contributed by atoms with Crippen molar-refractivity contribution >= 4 is 5.91 Å². The lowest BCUT2D eigenvalue weighted by atomic mass is 9.88. The molecule has 1 amide bonds. The SMILES string of the molecule is CC(C)/C=C/CN1CCC2(CCC(CNC(=O)C(C)C)O2)CC1. The van der Waals surface area contributed by atoms with Crippen molar-refractivity contribution in [1.82, 2.24) is 10.2 Å². The molecule has 1 N–H and O–H groups in total. The normalized spacial score (nSPS) is 25.0. The Labute approximate surface area is 141 Å². The fourth-order valence-electron chi connectivity index (χ4n) is 3.45. The van der Waals surface area contributed by atoms with E-state index < -0.39 is 0 Å². The number of hydrogen-bond acceptors (Lipinski definition) is 3. The van der Waals surface area contributed by atoms with Crippen molar-refractivity contribution in [3.63, 3.8) is 0 Å². The summed E-state index contributed by atoms with van der Waals surface area (Å²) in [5.41, 5.74) is 0.0749. The molecule has 0 bridgehead atoms. The minimum atomic E-state index is 0.0486. The van der Waals surface area contributed by atoms with E-state index in [1.54, 1.807) is 0 Å². The Morgan fingerprint density at radius 2 is 1.96 bits per heavy atom. The number of nitrogens with zero attached hydrogens (tertiary/aromatic N) is 1. The third-order valence-electron chi connectivity index (χ3n) is 5.02. The van der Waals surface area contributed by atoms with Crippen molar-refractivity contribution in [2.45, 2.75) is 65.1 Å². The maximum atomic E-state index is 11.7. The van der Waals surface area contributed by atoms with Gasteiger partial charge in [-0.1, -0.05) is 39.8 Å². The molecule has 0 aliphatic carbocycles. The largest absolute Gasteiger partial charge is 0.370 e. The van der Waals surface area contributed by atoms with E-state index in [1.807, 2.05) is 13.8 Å². The zero-order valence-electron chi connectivity index (χ0n) is 15.3. The first kappa shape index (κ1) is 18.5. The third-order valence-corrected chi connectivity index (χ3v) is 5.02. The van der Waals surface area contributed by atoms with Crippen LogP contribution in [0.25, 0.3) is 0 Å². The maximum absolute atomic E-state index is 11.7. The summed E-state index contributed by atoms with van der Waals surface area (Å²) in [5.74, 6) is 0.805. The van der Waals surface area contributed by atoms with Gasteiger partial charge in [-0.25, -0.2) is 0 Å². The van der Waals surface area contributed by atoms with Gasteiger partial charge in [-0.3, -0.25) is 9.69 Å². The predicted octanol–water partition coefficient (Wildman–Crippen LogP) is 2.98. The van der Waals surface area contributed by atoms with E-state index in [9.17, 15) is 4.79 Å².